The van der Waals surface area contributed by atoms with Gasteiger partial charge in [0.25, 0.3) is 6.71 Å². The Morgan fingerprint density at radius 3 is 1.37 bits per heavy atom. The highest BCUT2D eigenvalue weighted by Crippen LogP contribution is 2.52. The number of hydrogen-bond donors (Lipinski definition) is 0. The highest BCUT2D eigenvalue weighted by atomic mass is 15.2. The van der Waals surface area contributed by atoms with Gasteiger partial charge in [-0.25, -0.2) is 4.85 Å². The Kier molecular flexibility index (Phi) is 14.9. The van der Waals surface area contributed by atoms with Crippen molar-refractivity contribution >= 4 is 144 Å². The number of anilines is 6. The number of hydrogen-bond acceptors (Lipinski definition) is 2. The first-order valence-corrected chi connectivity index (χ1v) is 38.7. The Hall–Kier alpha value is -13.7. The third kappa shape index (κ3) is 10.5. The lowest BCUT2D eigenvalue weighted by Crippen LogP contribution is -2.61. The van der Waals surface area contributed by atoms with Crippen LogP contribution in [-0.4, -0.2) is 15.7 Å². The predicted molar refractivity (Wildman–Crippen MR) is 473 cm³/mol. The van der Waals surface area contributed by atoms with Crippen molar-refractivity contribution in [1.29, 1.82) is 0 Å². The average molecular weight is 1420 g/mol. The summed E-state index contributed by atoms with van der Waals surface area (Å²) in [6.07, 6.45) is 0. The monoisotopic (exact) mass is 1420 g/mol. The first kappa shape index (κ1) is 65.6. The summed E-state index contributed by atoms with van der Waals surface area (Å²) in [4.78, 5) is 9.35. The van der Waals surface area contributed by atoms with Crippen LogP contribution < -0.4 is 26.2 Å². The van der Waals surface area contributed by atoms with Gasteiger partial charge in [0, 0.05) is 60.9 Å². The van der Waals surface area contributed by atoms with Gasteiger partial charge in [0.15, 0.2) is 5.69 Å². The SMILES string of the molecule is [C-]#[N+]c1ccc2c(c1)c1ccccc1n2-c1cc2c3c(c1)N(c1ccccc1-c1cccc(-c4ccccc4)c1)c1cc4c(cc1B3c1ccc(-c3cc(C(C)(C)C)cc(C(C)(C)C)c3)cc1N2c1cc(-c2ccccc2)cc(-c2ccccc2)c1)c1ccccc1c1ccccc1c1cccc2c3ccccc3n4c12. The maximum atomic E-state index is 8.39. The Morgan fingerprint density at radius 2 is 0.730 bits per heavy atom. The molecule has 6 heteroatoms. The predicted octanol–water partition coefficient (Wildman–Crippen LogP) is 26.9. The van der Waals surface area contributed by atoms with Crippen molar-refractivity contribution in [3.05, 3.63) is 374 Å². The molecule has 5 nitrogen and oxygen atoms in total. The molecule has 16 aromatic carbocycles. The second-order valence-corrected chi connectivity index (χ2v) is 32.3. The Morgan fingerprint density at radius 1 is 0.270 bits per heavy atom. The van der Waals surface area contributed by atoms with Gasteiger partial charge >= 0.3 is 0 Å². The summed E-state index contributed by atoms with van der Waals surface area (Å²) in [5.74, 6) is 0. The normalized spacial score (nSPS) is 12.7. The first-order valence-electron chi connectivity index (χ1n) is 38.7. The third-order valence-electron chi connectivity index (χ3n) is 23.7. The third-order valence-corrected chi connectivity index (χ3v) is 23.7. The molecule has 0 amide bonds. The van der Waals surface area contributed by atoms with Crippen LogP contribution in [-0.2, 0) is 10.8 Å². The van der Waals surface area contributed by atoms with Crippen LogP contribution >= 0.6 is 0 Å². The Bertz CT molecular complexity index is 7100. The molecule has 0 bridgehead atoms. The molecule has 111 heavy (non-hydrogen) atoms. The van der Waals surface area contributed by atoms with Crippen LogP contribution in [0.1, 0.15) is 52.7 Å². The molecule has 0 radical (unpaired) electrons. The van der Waals surface area contributed by atoms with E-state index in [1.807, 2.05) is 6.07 Å². The minimum atomic E-state index is -0.341. The van der Waals surface area contributed by atoms with E-state index in [0.717, 1.165) is 133 Å². The fourth-order valence-electron chi connectivity index (χ4n) is 18.4. The lowest BCUT2D eigenvalue weighted by Gasteiger charge is -2.45. The van der Waals surface area contributed by atoms with Gasteiger partial charge < -0.3 is 18.8 Å². The van der Waals surface area contributed by atoms with Gasteiger partial charge in [0.2, 0.25) is 0 Å². The first-order chi connectivity index (χ1) is 54.3. The zero-order valence-electron chi connectivity index (χ0n) is 62.8. The molecule has 0 saturated heterocycles. The number of nitrogens with zero attached hydrogens (tertiary/aromatic N) is 5. The number of para-hydroxylation sites is 4. The fourth-order valence-corrected chi connectivity index (χ4v) is 18.4. The summed E-state index contributed by atoms with van der Waals surface area (Å²) in [6, 6.07) is 132. The number of rotatable bonds is 8. The van der Waals surface area contributed by atoms with E-state index in [4.69, 9.17) is 6.57 Å². The summed E-state index contributed by atoms with van der Waals surface area (Å²) in [7, 11) is 0. The summed E-state index contributed by atoms with van der Waals surface area (Å²) < 4.78 is 5.08. The molecule has 2 aliphatic rings. The maximum absolute atomic E-state index is 8.39. The second kappa shape index (κ2) is 25.2. The molecule has 2 aliphatic heterocycles. The fraction of sp³-hybridized carbons (Fsp3) is 0.0762. The maximum Gasteiger partial charge on any atom is 0.252 e. The molecular formula is C105H76BN5. The minimum absolute atomic E-state index is 0.128. The van der Waals surface area contributed by atoms with E-state index in [9.17, 15) is 0 Å². The lowest BCUT2D eigenvalue weighted by molar-refractivity contribution is 0.569. The van der Waals surface area contributed by atoms with Crippen LogP contribution in [0.15, 0.2) is 352 Å². The Balaban J connectivity index is 0.978. The van der Waals surface area contributed by atoms with Crippen LogP contribution in [0.5, 0.6) is 0 Å². The van der Waals surface area contributed by atoms with Crippen molar-refractivity contribution in [2.45, 2.75) is 52.4 Å². The van der Waals surface area contributed by atoms with Gasteiger partial charge in [0.05, 0.1) is 45.5 Å². The smallest absolute Gasteiger partial charge is 0.252 e. The number of aromatic nitrogens is 2. The van der Waals surface area contributed by atoms with Crippen molar-refractivity contribution in [2.24, 2.45) is 0 Å². The molecule has 21 rings (SSSR count). The molecule has 0 aliphatic carbocycles. The van der Waals surface area contributed by atoms with Gasteiger partial charge in [-0.1, -0.05) is 315 Å². The van der Waals surface area contributed by atoms with Crippen molar-refractivity contribution in [1.82, 2.24) is 8.97 Å². The van der Waals surface area contributed by atoms with Crippen molar-refractivity contribution < 1.29 is 0 Å². The quantitative estimate of drug-likeness (QED) is 0.112. The molecule has 19 aromatic rings. The van der Waals surface area contributed by atoms with Gasteiger partial charge in [-0.05, 0) is 194 Å². The van der Waals surface area contributed by atoms with Gasteiger partial charge in [-0.3, -0.25) is 0 Å². The van der Waals surface area contributed by atoms with Crippen LogP contribution in [0.25, 0.3) is 148 Å². The minimum Gasteiger partial charge on any atom is -0.311 e. The largest absolute Gasteiger partial charge is 0.311 e. The Labute approximate surface area is 647 Å². The van der Waals surface area contributed by atoms with Crippen LogP contribution in [0.2, 0.25) is 0 Å². The molecule has 5 heterocycles. The zero-order valence-corrected chi connectivity index (χ0v) is 62.8. The van der Waals surface area contributed by atoms with Gasteiger partial charge in [-0.2, -0.15) is 0 Å². The van der Waals surface area contributed by atoms with Crippen LogP contribution in [0.4, 0.5) is 39.8 Å². The molecule has 0 N–H and O–H groups in total. The number of fused-ring (bicyclic) bond motifs is 17. The van der Waals surface area contributed by atoms with Crippen LogP contribution in [0, 0.1) is 6.57 Å². The molecule has 524 valence electrons. The topological polar surface area (TPSA) is 20.2 Å². The van der Waals surface area contributed by atoms with E-state index in [1.165, 1.54) is 70.9 Å². The summed E-state index contributed by atoms with van der Waals surface area (Å²) >= 11 is 0. The summed E-state index contributed by atoms with van der Waals surface area (Å²) in [5.41, 5.74) is 30.7. The molecule has 0 spiro atoms. The van der Waals surface area contributed by atoms with E-state index in [0.29, 0.717) is 5.69 Å². The molecule has 3 aromatic heterocycles. The molecule has 0 fully saturated rings. The summed E-state index contributed by atoms with van der Waals surface area (Å²) in [6.45, 7) is 22.1. The second-order valence-electron chi connectivity index (χ2n) is 32.3. The van der Waals surface area contributed by atoms with E-state index in [1.54, 1.807) is 0 Å². The van der Waals surface area contributed by atoms with Gasteiger partial charge in [-0.15, -0.1) is 0 Å². The van der Waals surface area contributed by atoms with E-state index < -0.39 is 0 Å². The average Bonchev–Trinajstić information content (AvgIpc) is 0.895. The van der Waals surface area contributed by atoms with E-state index >= 15 is 0 Å². The molecule has 0 unspecified atom stereocenters. The molecule has 0 saturated carbocycles. The van der Waals surface area contributed by atoms with Gasteiger partial charge in [0.1, 0.15) is 0 Å². The van der Waals surface area contributed by atoms with Crippen molar-refractivity contribution in [3.63, 3.8) is 0 Å². The highest BCUT2D eigenvalue weighted by Gasteiger charge is 2.45. The van der Waals surface area contributed by atoms with E-state index in [-0.39, 0.29) is 17.5 Å². The molecule has 0 atom stereocenters. The van der Waals surface area contributed by atoms with Crippen molar-refractivity contribution in [2.75, 3.05) is 9.80 Å². The molecular weight excluding hydrogens is 1340 g/mol. The van der Waals surface area contributed by atoms with Crippen molar-refractivity contribution in [3.8, 4) is 61.3 Å². The summed E-state index contributed by atoms with van der Waals surface area (Å²) in [5, 5.41) is 11.6. The standard InChI is InChI=1S/C105H76BN5/c1-104(2,3)75-55-74(56-76(60-75)105(4,5)6)70-49-51-91-98(59-70)109(78-57-72(67-31-13-9-14-32-67)54-73(58-78)68-33-15-10-16-34-68)100-62-79(108-94-47-25-23-43-86(94)89-61-77(107-7)50-52-96(89)108)63-101-102(100)106(91)92-64-90-84-41-20-18-39-82(84)81-38-17-19-40-83(81)87-44-28-45-88-85-42-22-26-48-95(85)111(103(87)88)97(90)65-99(92)110(101)93-46-24-21-37-80(93)71-36-27-35-69(53-71)66-29-11-8-12-30-66/h8-65H,1-6H3. The highest BCUT2D eigenvalue weighted by molar-refractivity contribution is 7.00. The van der Waals surface area contributed by atoms with Crippen LogP contribution in [0.3, 0.4) is 0 Å². The zero-order chi connectivity index (χ0) is 74.5. The van der Waals surface area contributed by atoms with E-state index in [2.05, 4.69) is 411 Å². The lowest BCUT2D eigenvalue weighted by atomic mass is 9.33. The number of benzene rings is 16.